The molecule has 53 heavy (non-hydrogen) atoms. The summed E-state index contributed by atoms with van der Waals surface area (Å²) in [5.41, 5.74) is 7.91. The van der Waals surface area contributed by atoms with E-state index in [1.54, 1.807) is 0 Å². The van der Waals surface area contributed by atoms with Crippen molar-refractivity contribution in [2.45, 2.75) is 187 Å². The molecule has 1 aliphatic heterocycles. The van der Waals surface area contributed by atoms with E-state index in [0.717, 1.165) is 101 Å². The Kier molecular flexibility index (Phi) is 25.3. The molecule has 1 aliphatic rings. The lowest BCUT2D eigenvalue weighted by atomic mass is 10.0. The Hall–Kier alpha value is -2.01. The molecule has 1 aromatic heterocycles. The van der Waals surface area contributed by atoms with Crippen molar-refractivity contribution in [3.8, 4) is 0 Å². The molecule has 11 nitrogen and oxygen atoms in total. The summed E-state index contributed by atoms with van der Waals surface area (Å²) >= 11 is 0. The average Bonchev–Trinajstić information content (AvgIpc) is 3.83. The number of ether oxygens (including phenoxy) is 3. The van der Waals surface area contributed by atoms with Crippen LogP contribution < -0.4 is 5.73 Å². The van der Waals surface area contributed by atoms with Gasteiger partial charge in [0.25, 0.3) is 0 Å². The first-order chi connectivity index (χ1) is 25.6. The van der Waals surface area contributed by atoms with E-state index in [1.165, 1.54) is 36.8 Å². The van der Waals surface area contributed by atoms with Crippen molar-refractivity contribution in [2.75, 3.05) is 26.4 Å². The number of hydrogen-bond acceptors (Lipinski definition) is 10. The molecule has 0 bridgehead atoms. The molecule has 12 heteroatoms. The van der Waals surface area contributed by atoms with Crippen molar-refractivity contribution in [1.29, 1.82) is 0 Å². The Morgan fingerprint density at radius 2 is 1.42 bits per heavy atom. The fourth-order valence-corrected chi connectivity index (χ4v) is 7.10. The topological polar surface area (TPSA) is 160 Å². The van der Waals surface area contributed by atoms with Crippen molar-refractivity contribution in [2.24, 2.45) is 5.73 Å². The Morgan fingerprint density at radius 3 is 2.09 bits per heavy atom. The summed E-state index contributed by atoms with van der Waals surface area (Å²) < 4.78 is 44.6. The van der Waals surface area contributed by atoms with Gasteiger partial charge in [0, 0.05) is 32.2 Å². The van der Waals surface area contributed by atoms with Crippen LogP contribution in [0.5, 0.6) is 0 Å². The maximum absolute atomic E-state index is 12.6. The van der Waals surface area contributed by atoms with Crippen molar-refractivity contribution in [3.63, 3.8) is 0 Å². The van der Waals surface area contributed by atoms with Gasteiger partial charge in [0.1, 0.15) is 18.1 Å². The second-order valence-corrected chi connectivity index (χ2v) is 15.9. The predicted octanol–water partition coefficient (Wildman–Crippen LogP) is 9.69. The van der Waals surface area contributed by atoms with Crippen LogP contribution in [-0.2, 0) is 50.3 Å². The van der Waals surface area contributed by atoms with E-state index in [2.05, 4.69) is 39.8 Å². The highest BCUT2D eigenvalue weighted by atomic mass is 31.2. The van der Waals surface area contributed by atoms with Gasteiger partial charge in [-0.3, -0.25) is 18.6 Å². The number of aryl methyl sites for hydroxylation is 2. The van der Waals surface area contributed by atoms with Crippen molar-refractivity contribution in [1.82, 2.24) is 0 Å². The Bertz CT molecular complexity index is 1220. The number of phosphoric ester groups is 1. The third-order valence-corrected chi connectivity index (χ3v) is 10.7. The number of rotatable bonds is 34. The molecule has 0 radical (unpaired) electrons. The van der Waals surface area contributed by atoms with Crippen LogP contribution in [0.25, 0.3) is 0 Å². The molecule has 2 rings (SSSR count). The Labute approximate surface area is 320 Å². The number of phosphoric acid groups is 1. The largest absolute Gasteiger partial charge is 0.472 e. The smallest absolute Gasteiger partial charge is 0.466 e. The lowest BCUT2D eigenvalue weighted by molar-refractivity contribution is -0.161. The monoisotopic (exact) mass is 769 g/mol. The normalized spacial score (nSPS) is 17.2. The van der Waals surface area contributed by atoms with E-state index >= 15 is 0 Å². The molecule has 4 atom stereocenters. The summed E-state index contributed by atoms with van der Waals surface area (Å²) in [5, 5.41) is 0. The molecule has 1 saturated heterocycles. The van der Waals surface area contributed by atoms with E-state index in [0.29, 0.717) is 25.0 Å². The van der Waals surface area contributed by atoms with E-state index in [4.69, 9.17) is 33.4 Å². The minimum absolute atomic E-state index is 0.0418. The van der Waals surface area contributed by atoms with Crippen molar-refractivity contribution in [3.05, 3.63) is 34.8 Å². The van der Waals surface area contributed by atoms with Crippen LogP contribution in [0.3, 0.4) is 0 Å². The fraction of sp³-hybridized carbons (Fsp3) is 0.805. The highest BCUT2D eigenvalue weighted by molar-refractivity contribution is 7.47. The maximum atomic E-state index is 12.6. The third kappa shape index (κ3) is 22.2. The SMILES string of the molecule is CCCCCC1OC1C/C=C\CCCCCCCC(=O)OC[C@H](COP(=O)(O)OCCN)OC(=O)CCCCCCCCc1oc(CCC)c(C)c1C. The van der Waals surface area contributed by atoms with Crippen molar-refractivity contribution >= 4 is 19.8 Å². The van der Waals surface area contributed by atoms with Crippen LogP contribution in [0.1, 0.15) is 165 Å². The lowest BCUT2D eigenvalue weighted by Crippen LogP contribution is -2.29. The third-order valence-electron chi connectivity index (χ3n) is 9.75. The van der Waals surface area contributed by atoms with Gasteiger partial charge < -0.3 is 29.3 Å². The number of nitrogens with two attached hydrogens (primary N) is 1. The first-order valence-corrected chi connectivity index (χ1v) is 22.1. The van der Waals surface area contributed by atoms with Gasteiger partial charge in [-0.25, -0.2) is 4.57 Å². The molecular formula is C41H72NO10P. The summed E-state index contributed by atoms with van der Waals surface area (Å²) in [7, 11) is -4.40. The molecule has 1 aromatic rings. The van der Waals surface area contributed by atoms with Crippen molar-refractivity contribution < 1.29 is 46.7 Å². The number of esters is 2. The van der Waals surface area contributed by atoms with Gasteiger partial charge in [-0.15, -0.1) is 0 Å². The van der Waals surface area contributed by atoms with E-state index in [9.17, 15) is 19.0 Å². The minimum Gasteiger partial charge on any atom is -0.466 e. The maximum Gasteiger partial charge on any atom is 0.472 e. The standard InChI is InChI=1S/C41H72NO10P/c1-5-7-18-25-38-39(52-38)26-20-15-10-8-9-11-16-21-27-40(43)47-31-35(32-49-53(45,46)48-30-29-42)50-41(44)28-22-17-13-12-14-19-24-37-34(4)33(3)36(51-37)23-6-2/h15,20,35,38-39H,5-14,16-19,21-32,42H2,1-4H3,(H,45,46)/b20-15-/t35-,38?,39?/m1/s1. The fourth-order valence-electron chi connectivity index (χ4n) is 6.33. The summed E-state index contributed by atoms with van der Waals surface area (Å²) in [6.45, 7) is 7.83. The van der Waals surface area contributed by atoms with Crippen LogP contribution in [0, 0.1) is 13.8 Å². The number of hydrogen-bond donors (Lipinski definition) is 2. The molecule has 0 aromatic carbocycles. The Morgan fingerprint density at radius 1 is 0.774 bits per heavy atom. The average molecular weight is 770 g/mol. The van der Waals surface area contributed by atoms with Gasteiger partial charge >= 0.3 is 19.8 Å². The molecule has 0 aliphatic carbocycles. The first-order valence-electron chi connectivity index (χ1n) is 20.6. The number of carbonyl (C=O) groups is 2. The molecule has 306 valence electrons. The van der Waals surface area contributed by atoms with Crippen LogP contribution >= 0.6 is 7.82 Å². The van der Waals surface area contributed by atoms with Crippen LogP contribution in [0.2, 0.25) is 0 Å². The second-order valence-electron chi connectivity index (χ2n) is 14.5. The van der Waals surface area contributed by atoms with Gasteiger partial charge in [0.2, 0.25) is 0 Å². The zero-order valence-corrected chi connectivity index (χ0v) is 34.3. The highest BCUT2D eigenvalue weighted by Crippen LogP contribution is 2.43. The molecule has 0 spiro atoms. The van der Waals surface area contributed by atoms with Gasteiger partial charge in [-0.2, -0.15) is 0 Å². The number of epoxide rings is 1. The molecule has 2 heterocycles. The van der Waals surface area contributed by atoms with Gasteiger partial charge in [0.05, 0.1) is 25.4 Å². The predicted molar refractivity (Wildman–Crippen MR) is 209 cm³/mol. The van der Waals surface area contributed by atoms with E-state index in [-0.39, 0.29) is 32.6 Å². The van der Waals surface area contributed by atoms with E-state index in [1.807, 2.05) is 0 Å². The van der Waals surface area contributed by atoms with Crippen LogP contribution in [0.4, 0.5) is 0 Å². The zero-order valence-electron chi connectivity index (χ0n) is 33.4. The first kappa shape index (κ1) is 47.1. The molecule has 3 unspecified atom stereocenters. The number of unbranched alkanes of at least 4 members (excludes halogenated alkanes) is 12. The number of allylic oxidation sites excluding steroid dienone is 1. The molecule has 3 N–H and O–H groups in total. The summed E-state index contributed by atoms with van der Waals surface area (Å²) in [5.74, 6) is 1.34. The van der Waals surface area contributed by atoms with E-state index < -0.39 is 32.5 Å². The quantitative estimate of drug-likeness (QED) is 0.0226. The summed E-state index contributed by atoms with van der Waals surface area (Å²) in [6, 6.07) is 0. The highest BCUT2D eigenvalue weighted by Gasteiger charge is 2.36. The lowest BCUT2D eigenvalue weighted by Gasteiger charge is -2.19. The molecule has 1 fully saturated rings. The molecule has 0 amide bonds. The zero-order chi connectivity index (χ0) is 38.7. The minimum atomic E-state index is -4.40. The molecule has 0 saturated carbocycles. The Balaban J connectivity index is 1.58. The van der Waals surface area contributed by atoms with Crippen LogP contribution in [0.15, 0.2) is 16.6 Å². The van der Waals surface area contributed by atoms with Crippen LogP contribution in [-0.4, -0.2) is 61.5 Å². The molecular weight excluding hydrogens is 697 g/mol. The summed E-state index contributed by atoms with van der Waals surface area (Å²) in [6.07, 6.45) is 25.6. The summed E-state index contributed by atoms with van der Waals surface area (Å²) in [4.78, 5) is 34.9. The number of carbonyl (C=O) groups excluding carboxylic acids is 2. The van der Waals surface area contributed by atoms with Gasteiger partial charge in [-0.05, 0) is 76.3 Å². The van der Waals surface area contributed by atoms with Gasteiger partial charge in [-0.1, -0.05) is 90.2 Å². The number of furan rings is 1. The second kappa shape index (κ2) is 28.4. The van der Waals surface area contributed by atoms with Gasteiger partial charge in [0.15, 0.2) is 6.10 Å².